The van der Waals surface area contributed by atoms with Gasteiger partial charge < -0.3 is 27.5 Å². The molecule has 10 heteroatoms. The minimum Gasteiger partial charge on any atom is -0.414 e. The first kappa shape index (κ1) is 38.7. The van der Waals surface area contributed by atoms with Gasteiger partial charge in [0.2, 0.25) is 0 Å². The van der Waals surface area contributed by atoms with Gasteiger partial charge >= 0.3 is 0 Å². The van der Waals surface area contributed by atoms with Crippen molar-refractivity contribution < 1.29 is 27.5 Å². The Kier molecular flexibility index (Phi) is 11.8. The Labute approximate surface area is 253 Å². The van der Waals surface area contributed by atoms with Crippen molar-refractivity contribution in [2.24, 2.45) is 0 Å². The quantitative estimate of drug-likeness (QED) is 0.242. The predicted molar refractivity (Wildman–Crippen MR) is 180 cm³/mol. The highest BCUT2D eigenvalue weighted by Gasteiger charge is 2.56. The van der Waals surface area contributed by atoms with Gasteiger partial charge in [-0.15, -0.1) is 0 Å². The average molecular weight is 637 g/mol. The van der Waals surface area contributed by atoms with Gasteiger partial charge in [0, 0.05) is 0 Å². The molecule has 1 aliphatic heterocycles. The first-order valence-corrected chi connectivity index (χ1v) is 26.9. The van der Waals surface area contributed by atoms with E-state index in [2.05, 4.69) is 135 Å². The number of aliphatic hydroxyl groups is 1. The standard InChI is InChI=1S/C30H68O6Si4/c1-27(2,3)37(13,14)32-21-22(34-38(15,16)28(4,5)6)23-24(35-39(17,18)29(7,8)9)25(26(31)33-23)36-40(19,20)30(10,11)12/h22-26,31H,21H2,1-20H3/t22-,23+,24+,25-,26-/m1/s1. The predicted octanol–water partition coefficient (Wildman–Crippen LogP) is 8.90. The fourth-order valence-corrected chi connectivity index (χ4v) is 8.43. The lowest BCUT2D eigenvalue weighted by Crippen LogP contribution is -2.58. The van der Waals surface area contributed by atoms with E-state index >= 15 is 0 Å². The van der Waals surface area contributed by atoms with Crippen LogP contribution in [0, 0.1) is 0 Å². The van der Waals surface area contributed by atoms with Gasteiger partial charge in [-0.1, -0.05) is 83.1 Å². The van der Waals surface area contributed by atoms with Gasteiger partial charge in [-0.2, -0.15) is 0 Å². The van der Waals surface area contributed by atoms with Gasteiger partial charge in [0.15, 0.2) is 39.6 Å². The van der Waals surface area contributed by atoms with Crippen LogP contribution in [0.25, 0.3) is 0 Å². The number of ether oxygens (including phenoxy) is 1. The molecule has 1 fully saturated rings. The zero-order valence-electron chi connectivity index (χ0n) is 30.1. The molecule has 0 aliphatic carbocycles. The van der Waals surface area contributed by atoms with Gasteiger partial charge in [0.05, 0.1) is 12.7 Å². The minimum absolute atomic E-state index is 0.00622. The molecule has 0 aromatic carbocycles. The Bertz CT molecular complexity index is 831. The Morgan fingerprint density at radius 3 is 1.27 bits per heavy atom. The molecule has 1 N–H and O–H groups in total. The smallest absolute Gasteiger partial charge is 0.192 e. The van der Waals surface area contributed by atoms with Crippen LogP contribution in [0.3, 0.4) is 0 Å². The second-order valence-corrected chi connectivity index (χ2v) is 37.2. The van der Waals surface area contributed by atoms with Crippen LogP contribution in [0.4, 0.5) is 0 Å². The van der Waals surface area contributed by atoms with E-state index in [4.69, 9.17) is 22.4 Å². The van der Waals surface area contributed by atoms with Crippen molar-refractivity contribution in [2.75, 3.05) is 6.61 Å². The molecule has 40 heavy (non-hydrogen) atoms. The van der Waals surface area contributed by atoms with Gasteiger partial charge in [-0.25, -0.2) is 0 Å². The average Bonchev–Trinajstić information content (AvgIpc) is 2.96. The summed E-state index contributed by atoms with van der Waals surface area (Å²) < 4.78 is 34.4. The van der Waals surface area contributed by atoms with Crippen molar-refractivity contribution in [3.05, 3.63) is 0 Å². The lowest BCUT2D eigenvalue weighted by molar-refractivity contribution is -0.145. The summed E-state index contributed by atoms with van der Waals surface area (Å²) in [5.74, 6) is 0. The van der Waals surface area contributed by atoms with Gasteiger partial charge in [0.25, 0.3) is 0 Å². The third-order valence-corrected chi connectivity index (χ3v) is 28.7. The molecule has 1 saturated heterocycles. The van der Waals surface area contributed by atoms with Crippen LogP contribution in [0.1, 0.15) is 83.1 Å². The maximum atomic E-state index is 11.5. The molecule has 240 valence electrons. The molecule has 0 amide bonds. The number of aliphatic hydroxyl groups excluding tert-OH is 1. The molecule has 0 unspecified atom stereocenters. The fourth-order valence-electron chi connectivity index (χ4n) is 3.52. The molecule has 0 saturated carbocycles. The summed E-state index contributed by atoms with van der Waals surface area (Å²) in [5, 5.41) is 11.5. The van der Waals surface area contributed by atoms with Crippen molar-refractivity contribution in [1.29, 1.82) is 0 Å². The molecular weight excluding hydrogens is 569 g/mol. The van der Waals surface area contributed by atoms with Crippen LogP contribution < -0.4 is 0 Å². The molecule has 0 spiro atoms. The maximum absolute atomic E-state index is 11.5. The Morgan fingerprint density at radius 2 is 0.925 bits per heavy atom. The van der Waals surface area contributed by atoms with Crippen LogP contribution in [0.2, 0.25) is 72.5 Å². The van der Waals surface area contributed by atoms with E-state index in [1.165, 1.54) is 0 Å². The molecule has 1 heterocycles. The molecule has 0 radical (unpaired) electrons. The van der Waals surface area contributed by atoms with Gasteiger partial charge in [-0.3, -0.25) is 0 Å². The second-order valence-electron chi connectivity index (χ2n) is 18.2. The SMILES string of the molecule is CC(C)(C)[Si](C)(C)OC[C@@H](O[Si](C)(C)C(C)(C)C)[C@@H]1O[C@@H](O)[C@H](O[Si](C)(C)C(C)(C)C)[C@H]1O[Si](C)(C)C(C)(C)C. The lowest BCUT2D eigenvalue weighted by Gasteiger charge is -2.46. The minimum atomic E-state index is -2.27. The Morgan fingerprint density at radius 1 is 0.575 bits per heavy atom. The maximum Gasteiger partial charge on any atom is 0.192 e. The zero-order chi connectivity index (χ0) is 32.1. The van der Waals surface area contributed by atoms with Crippen molar-refractivity contribution in [2.45, 2.75) is 186 Å². The molecule has 1 aliphatic rings. The zero-order valence-corrected chi connectivity index (χ0v) is 34.1. The van der Waals surface area contributed by atoms with E-state index in [-0.39, 0.29) is 26.3 Å². The van der Waals surface area contributed by atoms with Crippen LogP contribution >= 0.6 is 0 Å². The van der Waals surface area contributed by atoms with E-state index in [1.807, 2.05) is 0 Å². The molecule has 5 atom stereocenters. The molecule has 1 rings (SSSR count). The van der Waals surface area contributed by atoms with E-state index in [0.29, 0.717) is 6.61 Å². The van der Waals surface area contributed by atoms with Crippen molar-refractivity contribution in [3.63, 3.8) is 0 Å². The third-order valence-electron chi connectivity index (χ3n) is 10.7. The third kappa shape index (κ3) is 9.08. The van der Waals surface area contributed by atoms with Crippen LogP contribution in [-0.2, 0) is 22.4 Å². The van der Waals surface area contributed by atoms with Crippen molar-refractivity contribution in [1.82, 2.24) is 0 Å². The highest BCUT2D eigenvalue weighted by Crippen LogP contribution is 2.46. The van der Waals surface area contributed by atoms with Crippen LogP contribution in [-0.4, -0.2) is 75.7 Å². The van der Waals surface area contributed by atoms with E-state index in [1.54, 1.807) is 0 Å². The summed E-state index contributed by atoms with van der Waals surface area (Å²) >= 11 is 0. The van der Waals surface area contributed by atoms with Crippen LogP contribution in [0.5, 0.6) is 0 Å². The Hall–Kier alpha value is 0.628. The van der Waals surface area contributed by atoms with Crippen molar-refractivity contribution >= 4 is 33.3 Å². The normalized spacial score (nSPS) is 25.4. The summed E-state index contributed by atoms with van der Waals surface area (Å²) in [6.45, 7) is 45.4. The van der Waals surface area contributed by atoms with E-state index in [0.717, 1.165) is 0 Å². The first-order valence-electron chi connectivity index (χ1n) is 15.3. The Balaban J connectivity index is 3.67. The summed E-state index contributed by atoms with van der Waals surface area (Å²) in [4.78, 5) is 0. The second kappa shape index (κ2) is 12.2. The van der Waals surface area contributed by atoms with Gasteiger partial charge in [-0.05, 0) is 72.5 Å². The number of hydrogen-bond acceptors (Lipinski definition) is 6. The first-order chi connectivity index (χ1) is 17.3. The van der Waals surface area contributed by atoms with Crippen LogP contribution in [0.15, 0.2) is 0 Å². The number of hydrogen-bond donors (Lipinski definition) is 1. The lowest BCUT2D eigenvalue weighted by atomic mass is 10.1. The largest absolute Gasteiger partial charge is 0.414 e. The van der Waals surface area contributed by atoms with E-state index < -0.39 is 57.9 Å². The molecule has 0 aromatic rings. The summed E-state index contributed by atoms with van der Waals surface area (Å²) in [7, 11) is -8.82. The molecule has 0 bridgehead atoms. The molecular formula is C30H68O6Si4. The summed E-state index contributed by atoms with van der Waals surface area (Å²) in [6.07, 6.45) is -3.02. The molecule has 6 nitrogen and oxygen atoms in total. The highest BCUT2D eigenvalue weighted by atomic mass is 28.4. The topological polar surface area (TPSA) is 66.4 Å². The fraction of sp³-hybridized carbons (Fsp3) is 1.00. The van der Waals surface area contributed by atoms with Gasteiger partial charge in [0.1, 0.15) is 18.3 Å². The summed E-state index contributed by atoms with van der Waals surface area (Å²) in [6, 6.07) is 0. The summed E-state index contributed by atoms with van der Waals surface area (Å²) in [5.41, 5.74) is 0. The van der Waals surface area contributed by atoms with Crippen molar-refractivity contribution in [3.8, 4) is 0 Å². The molecule has 0 aromatic heterocycles. The van der Waals surface area contributed by atoms with E-state index in [9.17, 15) is 5.11 Å². The monoisotopic (exact) mass is 636 g/mol. The number of rotatable bonds is 10. The highest BCUT2D eigenvalue weighted by molar-refractivity contribution is 6.75.